The molecule has 0 aliphatic rings. The van der Waals surface area contributed by atoms with Gasteiger partial charge in [0.25, 0.3) is 5.91 Å². The summed E-state index contributed by atoms with van der Waals surface area (Å²) in [7, 11) is 0. The van der Waals surface area contributed by atoms with Crippen molar-refractivity contribution in [1.82, 2.24) is 10.3 Å². The van der Waals surface area contributed by atoms with Gasteiger partial charge in [-0.2, -0.15) is 0 Å². The highest BCUT2D eigenvalue weighted by Crippen LogP contribution is 2.21. The first-order valence-electron chi connectivity index (χ1n) is 6.22. The maximum Gasteiger partial charge on any atom is 0.254 e. The molecule has 3 N–H and O–H groups in total. The van der Waals surface area contributed by atoms with Crippen LogP contribution < -0.4 is 11.1 Å². The molecule has 18 heavy (non-hydrogen) atoms. The van der Waals surface area contributed by atoms with E-state index in [9.17, 15) is 9.18 Å². The van der Waals surface area contributed by atoms with E-state index >= 15 is 0 Å². The average molecular weight is 253 g/mol. The molecule has 100 valence electrons. The second-order valence-electron chi connectivity index (χ2n) is 4.35. The van der Waals surface area contributed by atoms with Crippen molar-refractivity contribution < 1.29 is 9.18 Å². The normalized spacial score (nSPS) is 11.3. The molecule has 0 radical (unpaired) electrons. The molecule has 0 saturated carbocycles. The molecule has 4 nitrogen and oxygen atoms in total. The van der Waals surface area contributed by atoms with E-state index in [1.54, 1.807) is 0 Å². The topological polar surface area (TPSA) is 68.0 Å². The molecule has 0 fully saturated rings. The SMILES string of the molecule is CCC(CC)(CC)NC(=O)c1ccnc(N)c1F. The van der Waals surface area contributed by atoms with E-state index in [0.29, 0.717) is 0 Å². The van der Waals surface area contributed by atoms with Crippen LogP contribution in [-0.2, 0) is 0 Å². The molecule has 5 heteroatoms. The van der Waals surface area contributed by atoms with Crippen LogP contribution in [0.5, 0.6) is 0 Å². The lowest BCUT2D eigenvalue weighted by Gasteiger charge is -2.31. The largest absolute Gasteiger partial charge is 0.381 e. The Kier molecular flexibility index (Phi) is 4.64. The minimum Gasteiger partial charge on any atom is -0.381 e. The number of aromatic nitrogens is 1. The summed E-state index contributed by atoms with van der Waals surface area (Å²) < 4.78 is 13.7. The van der Waals surface area contributed by atoms with E-state index in [1.165, 1.54) is 12.3 Å². The van der Waals surface area contributed by atoms with Crippen molar-refractivity contribution in [3.8, 4) is 0 Å². The number of nitrogens with one attached hydrogen (secondary N) is 1. The Bertz CT molecular complexity index is 422. The van der Waals surface area contributed by atoms with Gasteiger partial charge in [-0.05, 0) is 25.3 Å². The van der Waals surface area contributed by atoms with E-state index in [0.717, 1.165) is 19.3 Å². The van der Waals surface area contributed by atoms with Gasteiger partial charge in [-0.15, -0.1) is 0 Å². The zero-order valence-electron chi connectivity index (χ0n) is 11.1. The lowest BCUT2D eigenvalue weighted by atomic mass is 9.89. The fourth-order valence-corrected chi connectivity index (χ4v) is 1.96. The summed E-state index contributed by atoms with van der Waals surface area (Å²) in [5.74, 6) is -1.45. The van der Waals surface area contributed by atoms with Crippen molar-refractivity contribution in [3.63, 3.8) is 0 Å². The number of anilines is 1. The van der Waals surface area contributed by atoms with Gasteiger partial charge in [-0.1, -0.05) is 20.8 Å². The molecule has 0 aromatic carbocycles. The molecule has 0 aliphatic heterocycles. The first-order chi connectivity index (χ1) is 8.49. The van der Waals surface area contributed by atoms with Gasteiger partial charge < -0.3 is 11.1 Å². The van der Waals surface area contributed by atoms with Crippen molar-refractivity contribution in [2.45, 2.75) is 45.6 Å². The Morgan fingerprint density at radius 2 is 1.94 bits per heavy atom. The monoisotopic (exact) mass is 253 g/mol. The highest BCUT2D eigenvalue weighted by molar-refractivity contribution is 5.95. The highest BCUT2D eigenvalue weighted by atomic mass is 19.1. The first kappa shape index (κ1) is 14.4. The van der Waals surface area contributed by atoms with Crippen LogP contribution >= 0.6 is 0 Å². The van der Waals surface area contributed by atoms with Gasteiger partial charge in [-0.25, -0.2) is 9.37 Å². The second kappa shape index (κ2) is 5.80. The molecule has 1 rings (SSSR count). The smallest absolute Gasteiger partial charge is 0.254 e. The summed E-state index contributed by atoms with van der Waals surface area (Å²) in [5.41, 5.74) is 5.01. The summed E-state index contributed by atoms with van der Waals surface area (Å²) in [6, 6.07) is 1.34. The number of nitrogens with two attached hydrogens (primary N) is 1. The fraction of sp³-hybridized carbons (Fsp3) is 0.538. The third-order valence-electron chi connectivity index (χ3n) is 3.57. The number of pyridine rings is 1. The Balaban J connectivity index is 2.98. The summed E-state index contributed by atoms with van der Waals surface area (Å²) in [4.78, 5) is 15.7. The molecule has 0 saturated heterocycles. The molecule has 1 aromatic rings. The van der Waals surface area contributed by atoms with Crippen molar-refractivity contribution in [2.24, 2.45) is 0 Å². The third kappa shape index (κ3) is 2.78. The molecule has 1 heterocycles. The van der Waals surface area contributed by atoms with Gasteiger partial charge in [0.2, 0.25) is 0 Å². The molecule has 1 aromatic heterocycles. The molecule has 0 atom stereocenters. The zero-order chi connectivity index (χ0) is 13.8. The van der Waals surface area contributed by atoms with Crippen LogP contribution in [0.15, 0.2) is 12.3 Å². The maximum atomic E-state index is 13.7. The van der Waals surface area contributed by atoms with Crippen molar-refractivity contribution in [3.05, 3.63) is 23.6 Å². The molecule has 1 amide bonds. The molecular weight excluding hydrogens is 233 g/mol. The second-order valence-corrected chi connectivity index (χ2v) is 4.35. The molecule has 0 unspecified atom stereocenters. The predicted molar refractivity (Wildman–Crippen MR) is 69.7 cm³/mol. The van der Waals surface area contributed by atoms with Gasteiger partial charge in [0.15, 0.2) is 11.6 Å². The summed E-state index contributed by atoms with van der Waals surface area (Å²) in [5, 5.41) is 2.90. The Labute approximate surface area is 107 Å². The number of hydrogen-bond acceptors (Lipinski definition) is 3. The quantitative estimate of drug-likeness (QED) is 0.847. The molecule has 0 bridgehead atoms. The van der Waals surface area contributed by atoms with Gasteiger partial charge in [0.1, 0.15) is 0 Å². The van der Waals surface area contributed by atoms with Crippen molar-refractivity contribution in [1.29, 1.82) is 0 Å². The van der Waals surface area contributed by atoms with Crippen LogP contribution in [0.2, 0.25) is 0 Å². The van der Waals surface area contributed by atoms with Crippen LogP contribution in [0, 0.1) is 5.82 Å². The van der Waals surface area contributed by atoms with Crippen LogP contribution in [0.1, 0.15) is 50.4 Å². The van der Waals surface area contributed by atoms with Gasteiger partial charge in [0.05, 0.1) is 5.56 Å². The van der Waals surface area contributed by atoms with E-state index in [1.807, 2.05) is 20.8 Å². The number of nitrogens with zero attached hydrogens (tertiary/aromatic N) is 1. The van der Waals surface area contributed by atoms with E-state index in [4.69, 9.17) is 5.73 Å². The molecular formula is C13H20FN3O. The van der Waals surface area contributed by atoms with Gasteiger partial charge >= 0.3 is 0 Å². The number of carbonyl (C=O) groups excluding carboxylic acids is 1. The minimum atomic E-state index is -0.757. The minimum absolute atomic E-state index is 0.0535. The van der Waals surface area contributed by atoms with Crippen molar-refractivity contribution >= 4 is 11.7 Å². The third-order valence-corrected chi connectivity index (χ3v) is 3.57. The predicted octanol–water partition coefficient (Wildman–Crippen LogP) is 2.50. The van der Waals surface area contributed by atoms with Crippen molar-refractivity contribution in [2.75, 3.05) is 5.73 Å². The van der Waals surface area contributed by atoms with E-state index in [-0.39, 0.29) is 16.9 Å². The Morgan fingerprint density at radius 3 is 2.44 bits per heavy atom. The summed E-state index contributed by atoms with van der Waals surface area (Å²) in [6.45, 7) is 6.01. The number of halogens is 1. The lowest BCUT2D eigenvalue weighted by molar-refractivity contribution is 0.0884. The van der Waals surface area contributed by atoms with Gasteiger partial charge in [-0.3, -0.25) is 4.79 Å². The first-order valence-corrected chi connectivity index (χ1v) is 6.22. The standard InChI is InChI=1S/C13H20FN3O/c1-4-13(5-2,6-3)17-12(18)9-7-8-16-11(15)10(9)14/h7-8H,4-6H2,1-3H3,(H2,15,16)(H,17,18). The van der Waals surface area contributed by atoms with Gasteiger partial charge in [0, 0.05) is 11.7 Å². The van der Waals surface area contributed by atoms with E-state index in [2.05, 4.69) is 10.3 Å². The lowest BCUT2D eigenvalue weighted by Crippen LogP contribution is -2.47. The summed E-state index contributed by atoms with van der Waals surface area (Å²) in [6.07, 6.45) is 3.73. The summed E-state index contributed by atoms with van der Waals surface area (Å²) >= 11 is 0. The Morgan fingerprint density at radius 1 is 1.39 bits per heavy atom. The maximum absolute atomic E-state index is 13.7. The number of rotatable bonds is 5. The fourth-order valence-electron chi connectivity index (χ4n) is 1.96. The number of amides is 1. The number of hydrogen-bond donors (Lipinski definition) is 2. The number of carbonyl (C=O) groups is 1. The van der Waals surface area contributed by atoms with Crippen LogP contribution in [0.4, 0.5) is 10.2 Å². The highest BCUT2D eigenvalue weighted by Gasteiger charge is 2.27. The Hall–Kier alpha value is -1.65. The van der Waals surface area contributed by atoms with Crippen LogP contribution in [0.3, 0.4) is 0 Å². The number of nitrogen functional groups attached to an aromatic ring is 1. The van der Waals surface area contributed by atoms with Crippen LogP contribution in [-0.4, -0.2) is 16.4 Å². The molecule has 0 aliphatic carbocycles. The van der Waals surface area contributed by atoms with Crippen LogP contribution in [0.25, 0.3) is 0 Å². The average Bonchev–Trinajstić information content (AvgIpc) is 2.39. The zero-order valence-corrected chi connectivity index (χ0v) is 11.1. The van der Waals surface area contributed by atoms with E-state index < -0.39 is 11.7 Å². The molecule has 0 spiro atoms.